The minimum atomic E-state index is -3.41. The molecule has 0 atom stereocenters. The summed E-state index contributed by atoms with van der Waals surface area (Å²) in [6, 6.07) is 0. The lowest BCUT2D eigenvalue weighted by Crippen LogP contribution is -2.18. The van der Waals surface area contributed by atoms with Crippen LogP contribution in [0.1, 0.15) is 6.42 Å². The number of anilines is 1. The molecule has 0 aromatic carbocycles. The van der Waals surface area contributed by atoms with Gasteiger partial charge in [-0.2, -0.15) is 0 Å². The molecule has 0 unspecified atom stereocenters. The fourth-order valence-electron chi connectivity index (χ4n) is 0.995. The number of nitrogens with one attached hydrogen (secondary N) is 1. The fraction of sp³-hybridized carbons (Fsp3) is 0.500. The Bertz CT molecular complexity index is 438. The lowest BCUT2D eigenvalue weighted by atomic mass is 10.5. The third kappa shape index (κ3) is 4.73. The third-order valence-corrected chi connectivity index (χ3v) is 3.16. The third-order valence-electron chi connectivity index (χ3n) is 1.63. The van der Waals surface area contributed by atoms with E-state index in [1.165, 1.54) is 19.5 Å². The lowest BCUT2D eigenvalue weighted by Gasteiger charge is -2.06. The quantitative estimate of drug-likeness (QED) is 0.773. The summed E-state index contributed by atoms with van der Waals surface area (Å²) >= 11 is 5.57. The number of rotatable bonds is 6. The van der Waals surface area contributed by atoms with Crippen molar-refractivity contribution in [2.75, 3.05) is 24.2 Å². The van der Waals surface area contributed by atoms with Crippen molar-refractivity contribution in [1.82, 2.24) is 9.97 Å². The molecule has 1 rings (SSSR count). The molecule has 90 valence electrons. The van der Waals surface area contributed by atoms with Gasteiger partial charge in [-0.15, -0.1) is 0 Å². The fourth-order valence-corrected chi connectivity index (χ4v) is 2.16. The van der Waals surface area contributed by atoms with Gasteiger partial charge in [0.25, 0.3) is 0 Å². The lowest BCUT2D eigenvalue weighted by molar-refractivity contribution is 0.199. The summed E-state index contributed by atoms with van der Waals surface area (Å²) in [4.78, 5) is 7.49. The maximum absolute atomic E-state index is 11.5. The van der Waals surface area contributed by atoms with Crippen LogP contribution in [0, 0.1) is 0 Å². The number of hydrogen-bond donors (Lipinski definition) is 1. The summed E-state index contributed by atoms with van der Waals surface area (Å²) in [7, 11) is -1.90. The summed E-state index contributed by atoms with van der Waals surface area (Å²) in [5, 5.41) is 0.136. The summed E-state index contributed by atoms with van der Waals surface area (Å²) in [6.07, 6.45) is 3.03. The summed E-state index contributed by atoms with van der Waals surface area (Å²) in [6.45, 7) is 0.391. The van der Waals surface area contributed by atoms with Crippen molar-refractivity contribution in [2.45, 2.75) is 6.42 Å². The van der Waals surface area contributed by atoms with E-state index in [4.69, 9.17) is 16.3 Å². The van der Waals surface area contributed by atoms with E-state index in [9.17, 15) is 8.42 Å². The first kappa shape index (κ1) is 13.1. The van der Waals surface area contributed by atoms with Crippen molar-refractivity contribution in [1.29, 1.82) is 0 Å². The Hall–Kier alpha value is -0.920. The minimum Gasteiger partial charge on any atom is -0.385 e. The predicted molar refractivity (Wildman–Crippen MR) is 60.9 cm³/mol. The van der Waals surface area contributed by atoms with Crippen LogP contribution in [-0.2, 0) is 14.8 Å². The van der Waals surface area contributed by atoms with Crippen LogP contribution >= 0.6 is 11.6 Å². The first-order valence-electron chi connectivity index (χ1n) is 4.50. The topological polar surface area (TPSA) is 81.2 Å². The summed E-state index contributed by atoms with van der Waals surface area (Å²) in [5.41, 5.74) is 0. The van der Waals surface area contributed by atoms with Crippen LogP contribution in [0.15, 0.2) is 12.4 Å². The molecule has 0 fully saturated rings. The van der Waals surface area contributed by atoms with Gasteiger partial charge in [0.15, 0.2) is 5.82 Å². The Morgan fingerprint density at radius 2 is 2.25 bits per heavy atom. The number of methoxy groups -OCH3 is 1. The maximum atomic E-state index is 11.5. The molecule has 0 aliphatic heterocycles. The normalized spacial score (nSPS) is 11.4. The van der Waals surface area contributed by atoms with Crippen LogP contribution in [0.5, 0.6) is 0 Å². The molecule has 0 aliphatic carbocycles. The molecule has 0 bridgehead atoms. The molecule has 0 saturated carbocycles. The molecule has 16 heavy (non-hydrogen) atoms. The standard InChI is InChI=1S/C8H12ClN3O3S/c1-15-3-2-4-16(13,14)12-8-6-10-5-7(9)11-8/h5-6H,2-4H2,1H3,(H,11,12). The van der Waals surface area contributed by atoms with Crippen molar-refractivity contribution in [3.8, 4) is 0 Å². The van der Waals surface area contributed by atoms with Gasteiger partial charge in [-0.1, -0.05) is 11.6 Å². The van der Waals surface area contributed by atoms with Crippen LogP contribution in [0.25, 0.3) is 0 Å². The Balaban J connectivity index is 2.59. The van der Waals surface area contributed by atoms with Crippen LogP contribution in [0.2, 0.25) is 5.15 Å². The van der Waals surface area contributed by atoms with Gasteiger partial charge in [0.05, 0.1) is 18.1 Å². The molecule has 8 heteroatoms. The minimum absolute atomic E-state index is 0.0327. The van der Waals surface area contributed by atoms with Crippen molar-refractivity contribution in [2.24, 2.45) is 0 Å². The highest BCUT2D eigenvalue weighted by atomic mass is 35.5. The first-order chi connectivity index (χ1) is 7.53. The highest BCUT2D eigenvalue weighted by molar-refractivity contribution is 7.92. The number of aromatic nitrogens is 2. The van der Waals surface area contributed by atoms with E-state index in [2.05, 4.69) is 14.7 Å². The van der Waals surface area contributed by atoms with E-state index in [0.717, 1.165) is 0 Å². The van der Waals surface area contributed by atoms with Crippen LogP contribution in [0.4, 0.5) is 5.82 Å². The number of hydrogen-bond acceptors (Lipinski definition) is 5. The SMILES string of the molecule is COCCCS(=O)(=O)Nc1cncc(Cl)n1. The highest BCUT2D eigenvalue weighted by Crippen LogP contribution is 2.08. The van der Waals surface area contributed by atoms with E-state index in [1.807, 2.05) is 0 Å². The van der Waals surface area contributed by atoms with Gasteiger partial charge in [-0.05, 0) is 6.42 Å². The molecule has 1 heterocycles. The van der Waals surface area contributed by atoms with Crippen molar-refractivity contribution >= 4 is 27.4 Å². The molecule has 1 N–H and O–H groups in total. The molecule has 0 aliphatic rings. The molecule has 0 saturated heterocycles. The van der Waals surface area contributed by atoms with Gasteiger partial charge in [0.2, 0.25) is 10.0 Å². The van der Waals surface area contributed by atoms with E-state index in [1.54, 1.807) is 0 Å². The van der Waals surface area contributed by atoms with E-state index < -0.39 is 10.0 Å². The maximum Gasteiger partial charge on any atom is 0.234 e. The van der Waals surface area contributed by atoms with Gasteiger partial charge in [0.1, 0.15) is 5.15 Å². The molecular formula is C8H12ClN3O3S. The molecule has 6 nitrogen and oxygen atoms in total. The molecule has 1 aromatic heterocycles. The highest BCUT2D eigenvalue weighted by Gasteiger charge is 2.11. The number of nitrogens with zero attached hydrogens (tertiary/aromatic N) is 2. The van der Waals surface area contributed by atoms with Gasteiger partial charge in [-0.25, -0.2) is 13.4 Å². The Kier molecular flexibility index (Phi) is 4.91. The number of halogens is 1. The monoisotopic (exact) mass is 265 g/mol. The van der Waals surface area contributed by atoms with Crippen LogP contribution in [-0.4, -0.2) is 37.9 Å². The number of sulfonamides is 1. The van der Waals surface area contributed by atoms with Gasteiger partial charge in [0, 0.05) is 13.7 Å². The van der Waals surface area contributed by atoms with Crippen LogP contribution in [0.3, 0.4) is 0 Å². The van der Waals surface area contributed by atoms with E-state index in [0.29, 0.717) is 13.0 Å². The van der Waals surface area contributed by atoms with Crippen molar-refractivity contribution in [3.63, 3.8) is 0 Å². The molecule has 0 amide bonds. The molecular weight excluding hydrogens is 254 g/mol. The smallest absolute Gasteiger partial charge is 0.234 e. The zero-order valence-electron chi connectivity index (χ0n) is 8.68. The average molecular weight is 266 g/mol. The summed E-state index contributed by atoms with van der Waals surface area (Å²) in [5.74, 6) is 0.0830. The molecule has 0 radical (unpaired) electrons. The van der Waals surface area contributed by atoms with Gasteiger partial charge in [-0.3, -0.25) is 9.71 Å². The first-order valence-corrected chi connectivity index (χ1v) is 6.53. The van der Waals surface area contributed by atoms with Crippen molar-refractivity contribution in [3.05, 3.63) is 17.5 Å². The Morgan fingerprint density at radius 3 is 2.88 bits per heavy atom. The summed E-state index contributed by atoms with van der Waals surface area (Å²) < 4.78 is 30.1. The number of ether oxygens (including phenoxy) is 1. The van der Waals surface area contributed by atoms with E-state index >= 15 is 0 Å². The van der Waals surface area contributed by atoms with E-state index in [-0.39, 0.29) is 16.7 Å². The largest absolute Gasteiger partial charge is 0.385 e. The Labute approximate surface area is 99.1 Å². The Morgan fingerprint density at radius 1 is 1.50 bits per heavy atom. The van der Waals surface area contributed by atoms with Crippen LogP contribution < -0.4 is 4.72 Å². The zero-order valence-corrected chi connectivity index (χ0v) is 10.3. The second-order valence-corrected chi connectivity index (χ2v) is 5.22. The molecule has 0 spiro atoms. The molecule has 1 aromatic rings. The average Bonchev–Trinajstić information content (AvgIpc) is 2.17. The van der Waals surface area contributed by atoms with Gasteiger partial charge >= 0.3 is 0 Å². The van der Waals surface area contributed by atoms with Gasteiger partial charge < -0.3 is 4.74 Å². The predicted octanol–water partition coefficient (Wildman–Crippen LogP) is 0.908. The second kappa shape index (κ2) is 5.97. The zero-order chi connectivity index (χ0) is 12.0. The van der Waals surface area contributed by atoms with Crippen molar-refractivity contribution < 1.29 is 13.2 Å². The second-order valence-electron chi connectivity index (χ2n) is 2.99.